The average molecular weight is 615 g/mol. The van der Waals surface area contributed by atoms with E-state index in [9.17, 15) is 0 Å². The minimum absolute atomic E-state index is 1.06. The molecule has 0 saturated carbocycles. The number of rotatable bonds is 6. The minimum atomic E-state index is 1.06. The lowest BCUT2D eigenvalue weighted by atomic mass is 9.93. The van der Waals surface area contributed by atoms with E-state index in [1.807, 2.05) is 0 Å². The first-order valence-corrected chi connectivity index (χ1v) is 16.8. The predicted octanol–water partition coefficient (Wildman–Crippen LogP) is 12.5. The van der Waals surface area contributed by atoms with Crippen molar-refractivity contribution in [1.82, 2.24) is 4.57 Å². The van der Waals surface area contributed by atoms with E-state index in [2.05, 4.69) is 191 Å². The molecule has 7 aromatic carbocycles. The van der Waals surface area contributed by atoms with Crippen LogP contribution in [0.2, 0.25) is 0 Å². The molecular formula is C46H34N2. The van der Waals surface area contributed by atoms with Gasteiger partial charge in [-0.15, -0.1) is 0 Å². The molecule has 0 amide bonds. The second-order valence-corrected chi connectivity index (χ2v) is 12.4. The van der Waals surface area contributed by atoms with Gasteiger partial charge in [0.2, 0.25) is 0 Å². The van der Waals surface area contributed by atoms with Crippen LogP contribution in [0.3, 0.4) is 0 Å². The molecule has 0 N–H and O–H groups in total. The largest absolute Gasteiger partial charge is 0.310 e. The van der Waals surface area contributed by atoms with Crippen LogP contribution in [0, 0.1) is 0 Å². The van der Waals surface area contributed by atoms with Crippen molar-refractivity contribution < 1.29 is 0 Å². The van der Waals surface area contributed by atoms with Crippen LogP contribution in [-0.4, -0.2) is 4.57 Å². The van der Waals surface area contributed by atoms with Gasteiger partial charge in [-0.05, 0) is 88.8 Å². The first kappa shape index (κ1) is 28.1. The van der Waals surface area contributed by atoms with Crippen molar-refractivity contribution in [2.75, 3.05) is 4.90 Å². The lowest BCUT2D eigenvalue weighted by Gasteiger charge is -2.29. The smallest absolute Gasteiger partial charge is 0.0547 e. The van der Waals surface area contributed by atoms with E-state index in [4.69, 9.17) is 0 Å². The van der Waals surface area contributed by atoms with Gasteiger partial charge in [-0.2, -0.15) is 0 Å². The third kappa shape index (κ3) is 4.73. The molecule has 2 nitrogen and oxygen atoms in total. The van der Waals surface area contributed by atoms with E-state index >= 15 is 0 Å². The lowest BCUT2D eigenvalue weighted by molar-refractivity contribution is 0.968. The number of para-hydroxylation sites is 3. The molecule has 1 aliphatic rings. The van der Waals surface area contributed by atoms with Gasteiger partial charge in [0.05, 0.1) is 16.9 Å². The van der Waals surface area contributed by atoms with Crippen LogP contribution in [-0.2, 0) is 6.42 Å². The van der Waals surface area contributed by atoms with E-state index < -0.39 is 0 Å². The highest BCUT2D eigenvalue weighted by Gasteiger charge is 2.24. The molecule has 0 bridgehead atoms. The van der Waals surface area contributed by atoms with Crippen molar-refractivity contribution in [3.8, 4) is 27.9 Å². The Morgan fingerprint density at radius 2 is 1.15 bits per heavy atom. The normalized spacial score (nSPS) is 12.3. The summed E-state index contributed by atoms with van der Waals surface area (Å²) in [5, 5.41) is 3.81. The van der Waals surface area contributed by atoms with Crippen molar-refractivity contribution in [3.05, 3.63) is 187 Å². The fourth-order valence-corrected chi connectivity index (χ4v) is 7.49. The maximum Gasteiger partial charge on any atom is 0.0547 e. The summed E-state index contributed by atoms with van der Waals surface area (Å²) < 4.78 is 2.50. The van der Waals surface area contributed by atoms with E-state index in [0.29, 0.717) is 0 Å². The van der Waals surface area contributed by atoms with Crippen LogP contribution >= 0.6 is 0 Å². The molecule has 1 aliphatic carbocycles. The second kappa shape index (κ2) is 11.9. The van der Waals surface area contributed by atoms with E-state index in [0.717, 1.165) is 29.9 Å². The summed E-state index contributed by atoms with van der Waals surface area (Å²) in [4.78, 5) is 2.40. The molecule has 0 spiro atoms. The van der Waals surface area contributed by atoms with Crippen LogP contribution in [0.25, 0.3) is 55.7 Å². The first-order valence-electron chi connectivity index (χ1n) is 16.8. The Morgan fingerprint density at radius 1 is 0.500 bits per heavy atom. The molecule has 2 heteroatoms. The number of hydrogen-bond acceptors (Lipinski definition) is 1. The number of anilines is 3. The SMILES string of the molecule is C1=Cc2c(c3ccccc3n2-c2ccc3ccccc3c2-c2ccccc2N(c2ccccc2)c2ccc(-c3ccccc3)cc2)CC1. The van der Waals surface area contributed by atoms with Crippen molar-refractivity contribution in [2.24, 2.45) is 0 Å². The Morgan fingerprint density at radius 3 is 1.98 bits per heavy atom. The summed E-state index contributed by atoms with van der Waals surface area (Å²) in [6, 6.07) is 61.5. The van der Waals surface area contributed by atoms with Gasteiger partial charge in [0.15, 0.2) is 0 Å². The third-order valence-electron chi connectivity index (χ3n) is 9.67. The molecular weight excluding hydrogens is 581 g/mol. The third-order valence-corrected chi connectivity index (χ3v) is 9.67. The summed E-state index contributed by atoms with van der Waals surface area (Å²) in [5.74, 6) is 0. The summed E-state index contributed by atoms with van der Waals surface area (Å²) >= 11 is 0. The monoisotopic (exact) mass is 614 g/mol. The summed E-state index contributed by atoms with van der Waals surface area (Å²) in [6.45, 7) is 0. The fraction of sp³-hybridized carbons (Fsp3) is 0.0435. The van der Waals surface area contributed by atoms with Gasteiger partial charge in [-0.25, -0.2) is 0 Å². The predicted molar refractivity (Wildman–Crippen MR) is 204 cm³/mol. The number of benzene rings is 7. The minimum Gasteiger partial charge on any atom is -0.310 e. The number of aryl methyl sites for hydroxylation is 1. The van der Waals surface area contributed by atoms with Crippen molar-refractivity contribution in [3.63, 3.8) is 0 Å². The first-order chi connectivity index (χ1) is 23.8. The van der Waals surface area contributed by atoms with E-state index in [1.165, 1.54) is 60.9 Å². The molecule has 228 valence electrons. The molecule has 8 aromatic rings. The van der Waals surface area contributed by atoms with Gasteiger partial charge in [0.1, 0.15) is 0 Å². The Hall–Kier alpha value is -6.12. The molecule has 0 atom stereocenters. The van der Waals surface area contributed by atoms with Gasteiger partial charge in [0.25, 0.3) is 0 Å². The van der Waals surface area contributed by atoms with E-state index in [1.54, 1.807) is 0 Å². The molecule has 0 fully saturated rings. The Labute approximate surface area is 281 Å². The van der Waals surface area contributed by atoms with Gasteiger partial charge in [-0.3, -0.25) is 0 Å². The van der Waals surface area contributed by atoms with Crippen LogP contribution in [0.4, 0.5) is 17.1 Å². The zero-order chi connectivity index (χ0) is 31.9. The molecule has 0 unspecified atom stereocenters. The molecule has 9 rings (SSSR count). The lowest BCUT2D eigenvalue weighted by Crippen LogP contribution is -2.12. The molecule has 0 aliphatic heterocycles. The molecule has 1 heterocycles. The van der Waals surface area contributed by atoms with Gasteiger partial charge in [0, 0.05) is 33.6 Å². The standard InChI is InChI=1S/C46H34N2/c1-3-15-33(16-4-1)34-27-30-37(31-28-34)47(36-18-5-2-6-19-36)44-26-14-11-23-41(44)46-38-20-8-7-17-35(38)29-32-45(46)48-42-24-12-9-21-39(42)40-22-10-13-25-43(40)48/h1-9,11-21,23-32H,10,22H2. The number of hydrogen-bond donors (Lipinski definition) is 0. The molecule has 1 aromatic heterocycles. The van der Waals surface area contributed by atoms with Crippen molar-refractivity contribution in [2.45, 2.75) is 12.8 Å². The molecule has 0 saturated heterocycles. The zero-order valence-electron chi connectivity index (χ0n) is 26.6. The maximum absolute atomic E-state index is 2.50. The van der Waals surface area contributed by atoms with Crippen molar-refractivity contribution in [1.29, 1.82) is 0 Å². The summed E-state index contributed by atoms with van der Waals surface area (Å²) in [5.41, 5.74) is 13.4. The number of aromatic nitrogens is 1. The fourth-order valence-electron chi connectivity index (χ4n) is 7.49. The number of allylic oxidation sites excluding steroid dienone is 1. The van der Waals surface area contributed by atoms with Crippen LogP contribution < -0.4 is 4.90 Å². The van der Waals surface area contributed by atoms with Crippen LogP contribution in [0.5, 0.6) is 0 Å². The van der Waals surface area contributed by atoms with Gasteiger partial charge >= 0.3 is 0 Å². The summed E-state index contributed by atoms with van der Waals surface area (Å²) in [6.07, 6.45) is 6.78. The topological polar surface area (TPSA) is 8.17 Å². The molecule has 48 heavy (non-hydrogen) atoms. The average Bonchev–Trinajstić information content (AvgIpc) is 3.50. The quantitative estimate of drug-likeness (QED) is 0.181. The van der Waals surface area contributed by atoms with Gasteiger partial charge < -0.3 is 9.47 Å². The molecule has 0 radical (unpaired) electrons. The van der Waals surface area contributed by atoms with Crippen LogP contribution in [0.1, 0.15) is 17.7 Å². The maximum atomic E-state index is 2.50. The number of nitrogens with zero attached hydrogens (tertiary/aromatic N) is 2. The highest BCUT2D eigenvalue weighted by molar-refractivity contribution is 6.06. The van der Waals surface area contributed by atoms with Crippen LogP contribution in [0.15, 0.2) is 176 Å². The van der Waals surface area contributed by atoms with Crippen molar-refractivity contribution >= 4 is 44.8 Å². The Kier molecular flexibility index (Phi) is 6.98. The van der Waals surface area contributed by atoms with Gasteiger partial charge in [-0.1, -0.05) is 133 Å². The highest BCUT2D eigenvalue weighted by Crippen LogP contribution is 2.46. The highest BCUT2D eigenvalue weighted by atomic mass is 15.1. The number of fused-ring (bicyclic) bond motifs is 4. The van der Waals surface area contributed by atoms with E-state index in [-0.39, 0.29) is 0 Å². The second-order valence-electron chi connectivity index (χ2n) is 12.4. The Bertz CT molecular complexity index is 2430. The Balaban J connectivity index is 1.31. The zero-order valence-corrected chi connectivity index (χ0v) is 26.6. The summed E-state index contributed by atoms with van der Waals surface area (Å²) in [7, 11) is 0.